The van der Waals surface area contributed by atoms with Gasteiger partial charge in [0, 0.05) is 57.8 Å². The quantitative estimate of drug-likeness (QED) is 0.795. The Labute approximate surface area is 164 Å². The number of hydrogen-bond donors (Lipinski definition) is 1. The highest BCUT2D eigenvalue weighted by atomic mass is 35.5. The third kappa shape index (κ3) is 5.57. The molecule has 1 atom stereocenters. The van der Waals surface area contributed by atoms with Crippen molar-refractivity contribution in [1.29, 1.82) is 0 Å². The summed E-state index contributed by atoms with van der Waals surface area (Å²) in [5.74, 6) is 0.694. The Kier molecular flexibility index (Phi) is 8.64. The molecule has 0 aliphatic carbocycles. The Morgan fingerprint density at radius 3 is 2.19 bits per heavy atom. The maximum absolute atomic E-state index is 12.7. The minimum atomic E-state index is 0. The third-order valence-corrected chi connectivity index (χ3v) is 6.09. The molecule has 2 amide bonds. The van der Waals surface area contributed by atoms with Crippen molar-refractivity contribution in [3.63, 3.8) is 0 Å². The van der Waals surface area contributed by atoms with Gasteiger partial charge < -0.3 is 15.1 Å². The molecule has 0 bridgehead atoms. The second-order valence-electron chi connectivity index (χ2n) is 7.92. The molecule has 3 fully saturated rings. The number of nitrogens with zero attached hydrogens (tertiary/aromatic N) is 3. The van der Waals surface area contributed by atoms with E-state index in [0.29, 0.717) is 18.5 Å². The van der Waals surface area contributed by atoms with Crippen molar-refractivity contribution in [2.24, 2.45) is 5.92 Å². The van der Waals surface area contributed by atoms with Crippen LogP contribution >= 0.6 is 12.4 Å². The Morgan fingerprint density at radius 1 is 0.923 bits per heavy atom. The Hall–Kier alpha value is -0.850. The van der Waals surface area contributed by atoms with Gasteiger partial charge in [0.2, 0.25) is 11.8 Å². The molecule has 3 saturated heterocycles. The molecule has 3 rings (SSSR count). The van der Waals surface area contributed by atoms with E-state index in [-0.39, 0.29) is 24.2 Å². The van der Waals surface area contributed by atoms with E-state index in [1.165, 1.54) is 12.8 Å². The molecule has 26 heavy (non-hydrogen) atoms. The molecule has 6 nitrogen and oxygen atoms in total. The number of halogens is 1. The molecule has 0 aromatic heterocycles. The highest BCUT2D eigenvalue weighted by Crippen LogP contribution is 2.22. The number of likely N-dealkylation sites (tertiary alicyclic amines) is 2. The van der Waals surface area contributed by atoms with Gasteiger partial charge in [-0.05, 0) is 32.6 Å². The van der Waals surface area contributed by atoms with Crippen molar-refractivity contribution in [3.05, 3.63) is 0 Å². The van der Waals surface area contributed by atoms with Gasteiger partial charge in [-0.2, -0.15) is 0 Å². The molecule has 0 aromatic carbocycles. The third-order valence-electron chi connectivity index (χ3n) is 6.09. The molecular weight excluding hydrogens is 352 g/mol. The Balaban J connectivity index is 0.00000243. The van der Waals surface area contributed by atoms with Crippen molar-refractivity contribution < 1.29 is 9.59 Å². The molecule has 0 spiro atoms. The van der Waals surface area contributed by atoms with Crippen LogP contribution in [0, 0.1) is 5.92 Å². The lowest BCUT2D eigenvalue weighted by atomic mass is 9.95. The van der Waals surface area contributed by atoms with Gasteiger partial charge in [-0.15, -0.1) is 12.4 Å². The van der Waals surface area contributed by atoms with Gasteiger partial charge >= 0.3 is 0 Å². The first kappa shape index (κ1) is 21.5. The van der Waals surface area contributed by atoms with E-state index in [9.17, 15) is 9.59 Å². The molecule has 7 heteroatoms. The van der Waals surface area contributed by atoms with E-state index in [2.05, 4.69) is 22.0 Å². The van der Waals surface area contributed by atoms with Crippen LogP contribution in [0.2, 0.25) is 0 Å². The molecule has 3 aliphatic heterocycles. The largest absolute Gasteiger partial charge is 0.342 e. The lowest BCUT2D eigenvalue weighted by Crippen LogP contribution is -2.54. The molecule has 0 unspecified atom stereocenters. The fourth-order valence-corrected chi connectivity index (χ4v) is 4.32. The van der Waals surface area contributed by atoms with E-state index >= 15 is 0 Å². The summed E-state index contributed by atoms with van der Waals surface area (Å²) < 4.78 is 0. The van der Waals surface area contributed by atoms with E-state index in [0.717, 1.165) is 71.5 Å². The molecule has 0 saturated carbocycles. The van der Waals surface area contributed by atoms with Crippen LogP contribution in [0.3, 0.4) is 0 Å². The van der Waals surface area contributed by atoms with Crippen LogP contribution in [0.15, 0.2) is 0 Å². The lowest BCUT2D eigenvalue weighted by Gasteiger charge is -2.37. The molecule has 0 aromatic rings. The average molecular weight is 387 g/mol. The molecule has 1 N–H and O–H groups in total. The summed E-state index contributed by atoms with van der Waals surface area (Å²) >= 11 is 0. The second kappa shape index (κ2) is 10.5. The highest BCUT2D eigenvalue weighted by Gasteiger charge is 2.31. The minimum Gasteiger partial charge on any atom is -0.342 e. The minimum absolute atomic E-state index is 0. The number of piperidine rings is 1. The predicted octanol–water partition coefficient (Wildman–Crippen LogP) is 1.34. The van der Waals surface area contributed by atoms with Crippen molar-refractivity contribution in [2.45, 2.75) is 51.5 Å². The zero-order chi connectivity index (χ0) is 17.6. The number of amides is 2. The van der Waals surface area contributed by atoms with Crippen LogP contribution in [-0.2, 0) is 9.59 Å². The first-order valence-electron chi connectivity index (χ1n) is 10.2. The van der Waals surface area contributed by atoms with Crippen LogP contribution in [0.1, 0.15) is 45.4 Å². The Morgan fingerprint density at radius 2 is 1.58 bits per heavy atom. The maximum atomic E-state index is 12.7. The van der Waals surface area contributed by atoms with Gasteiger partial charge in [0.15, 0.2) is 0 Å². The lowest BCUT2D eigenvalue weighted by molar-refractivity contribution is -0.141. The number of piperazine rings is 1. The summed E-state index contributed by atoms with van der Waals surface area (Å²) in [5.41, 5.74) is 0. The van der Waals surface area contributed by atoms with E-state index < -0.39 is 0 Å². The summed E-state index contributed by atoms with van der Waals surface area (Å²) in [6.45, 7) is 8.89. The molecule has 3 heterocycles. The van der Waals surface area contributed by atoms with Crippen LogP contribution in [-0.4, -0.2) is 84.9 Å². The van der Waals surface area contributed by atoms with E-state index in [1.54, 1.807) is 0 Å². The van der Waals surface area contributed by atoms with Gasteiger partial charge in [-0.1, -0.05) is 12.8 Å². The first-order valence-corrected chi connectivity index (χ1v) is 10.2. The zero-order valence-corrected chi connectivity index (χ0v) is 16.9. The maximum Gasteiger partial charge on any atom is 0.236 e. The van der Waals surface area contributed by atoms with E-state index in [4.69, 9.17) is 0 Å². The molecule has 3 aliphatic rings. The molecular formula is C19H35ClN4O2. The van der Waals surface area contributed by atoms with Gasteiger partial charge in [0.25, 0.3) is 0 Å². The van der Waals surface area contributed by atoms with Gasteiger partial charge in [-0.3, -0.25) is 14.5 Å². The zero-order valence-electron chi connectivity index (χ0n) is 16.1. The standard InChI is InChI=1S/C19H34N4O2.ClH/c1-16-14-20-8-13-23(16)15-18(24)21-11-6-17(7-12-21)19(25)22-9-4-2-3-5-10-22;/h16-17,20H,2-15H2,1H3;1H/t16-;/m1./s1. The van der Waals surface area contributed by atoms with Gasteiger partial charge in [-0.25, -0.2) is 0 Å². The SMILES string of the molecule is C[C@@H]1CNCCN1CC(=O)N1CCC(C(=O)N2CCCCCC2)CC1.Cl. The van der Waals surface area contributed by atoms with Crippen LogP contribution in [0.4, 0.5) is 0 Å². The van der Waals surface area contributed by atoms with Crippen molar-refractivity contribution >= 4 is 24.2 Å². The highest BCUT2D eigenvalue weighted by molar-refractivity contribution is 5.85. The van der Waals surface area contributed by atoms with Crippen molar-refractivity contribution in [3.8, 4) is 0 Å². The molecule has 0 radical (unpaired) electrons. The number of hydrogen-bond acceptors (Lipinski definition) is 4. The number of carbonyl (C=O) groups is 2. The smallest absolute Gasteiger partial charge is 0.236 e. The monoisotopic (exact) mass is 386 g/mol. The first-order chi connectivity index (χ1) is 12.1. The van der Waals surface area contributed by atoms with Crippen molar-refractivity contribution in [2.75, 3.05) is 52.4 Å². The summed E-state index contributed by atoms with van der Waals surface area (Å²) in [6.07, 6.45) is 6.45. The normalized spacial score (nSPS) is 26.1. The van der Waals surface area contributed by atoms with Gasteiger partial charge in [0.1, 0.15) is 0 Å². The second-order valence-corrected chi connectivity index (χ2v) is 7.92. The molecule has 150 valence electrons. The number of rotatable bonds is 3. The fourth-order valence-electron chi connectivity index (χ4n) is 4.32. The Bertz CT molecular complexity index is 460. The van der Waals surface area contributed by atoms with Crippen molar-refractivity contribution in [1.82, 2.24) is 20.0 Å². The summed E-state index contributed by atoms with van der Waals surface area (Å²) in [5, 5.41) is 3.36. The average Bonchev–Trinajstić information content (AvgIpc) is 2.92. The van der Waals surface area contributed by atoms with Gasteiger partial charge in [0.05, 0.1) is 6.54 Å². The number of nitrogens with one attached hydrogen (secondary N) is 1. The van der Waals surface area contributed by atoms with Crippen LogP contribution in [0.25, 0.3) is 0 Å². The number of carbonyl (C=O) groups excluding carboxylic acids is 2. The van der Waals surface area contributed by atoms with Crippen LogP contribution < -0.4 is 5.32 Å². The summed E-state index contributed by atoms with van der Waals surface area (Å²) in [7, 11) is 0. The summed E-state index contributed by atoms with van der Waals surface area (Å²) in [6, 6.07) is 0.417. The van der Waals surface area contributed by atoms with Crippen LogP contribution in [0.5, 0.6) is 0 Å². The van der Waals surface area contributed by atoms with E-state index in [1.807, 2.05) is 4.90 Å². The predicted molar refractivity (Wildman–Crippen MR) is 106 cm³/mol. The fraction of sp³-hybridized carbons (Fsp3) is 0.895. The summed E-state index contributed by atoms with van der Waals surface area (Å²) in [4.78, 5) is 31.7. The topological polar surface area (TPSA) is 55.9 Å².